The van der Waals surface area contributed by atoms with Crippen LogP contribution in [0.15, 0.2) is 60.7 Å². The van der Waals surface area contributed by atoms with Crippen molar-refractivity contribution >= 4 is 11.4 Å². The van der Waals surface area contributed by atoms with Crippen LogP contribution in [0.1, 0.15) is 0 Å². The second-order valence-electron chi connectivity index (χ2n) is 2.78. The van der Waals surface area contributed by atoms with Crippen molar-refractivity contribution in [1.29, 1.82) is 0 Å². The van der Waals surface area contributed by atoms with Gasteiger partial charge in [-0.2, -0.15) is 0 Å². The Balaban J connectivity index is 0.000000146. The topological polar surface area (TPSA) is 52.0 Å². The molecule has 0 amide bonds. The molecule has 0 bridgehead atoms. The molecule has 0 radical (unpaired) electrons. The fourth-order valence-electron chi connectivity index (χ4n) is 0.896. The molecule has 0 atom stereocenters. The zero-order valence-corrected chi connectivity index (χ0v) is 7.93. The van der Waals surface area contributed by atoms with E-state index in [0.717, 1.165) is 0 Å². The van der Waals surface area contributed by atoms with Crippen molar-refractivity contribution in [2.75, 3.05) is 11.5 Å². The van der Waals surface area contributed by atoms with Gasteiger partial charge in [0.25, 0.3) is 0 Å². The van der Waals surface area contributed by atoms with E-state index in [9.17, 15) is 0 Å². The summed E-state index contributed by atoms with van der Waals surface area (Å²) in [5.41, 5.74) is 12.1. The third-order valence-corrected chi connectivity index (χ3v) is 1.66. The number of para-hydroxylation sites is 2. The van der Waals surface area contributed by atoms with Crippen LogP contribution >= 0.6 is 0 Å². The van der Waals surface area contributed by atoms with Crippen molar-refractivity contribution in [1.82, 2.24) is 0 Å². The lowest BCUT2D eigenvalue weighted by molar-refractivity contribution is 1.67. The van der Waals surface area contributed by atoms with Crippen molar-refractivity contribution in [3.05, 3.63) is 60.7 Å². The molecule has 2 rings (SSSR count). The van der Waals surface area contributed by atoms with Gasteiger partial charge in [0.15, 0.2) is 0 Å². The lowest BCUT2D eigenvalue weighted by atomic mass is 10.3. The summed E-state index contributed by atoms with van der Waals surface area (Å²) >= 11 is 0. The summed E-state index contributed by atoms with van der Waals surface area (Å²) in [5, 5.41) is 0. The first-order valence-corrected chi connectivity index (χ1v) is 4.40. The molecule has 0 aromatic heterocycles. The van der Waals surface area contributed by atoms with Crippen LogP contribution in [0.4, 0.5) is 11.4 Å². The maximum Gasteiger partial charge on any atom is 0.0547 e. The number of nitrogen functional groups attached to an aromatic ring is 2. The lowest BCUT2D eigenvalue weighted by Gasteiger charge is -1.94. The highest BCUT2D eigenvalue weighted by Gasteiger charge is 1.85. The second-order valence-corrected chi connectivity index (χ2v) is 2.78. The van der Waals surface area contributed by atoms with Gasteiger partial charge in [0.05, 0.1) is 11.4 Å². The molecule has 0 saturated carbocycles. The van der Waals surface area contributed by atoms with E-state index in [1.54, 1.807) is 12.1 Å². The van der Waals surface area contributed by atoms with Crippen molar-refractivity contribution in [2.45, 2.75) is 0 Å². The van der Waals surface area contributed by atoms with Crippen molar-refractivity contribution in [3.8, 4) is 0 Å². The van der Waals surface area contributed by atoms with Crippen LogP contribution < -0.4 is 11.5 Å². The van der Waals surface area contributed by atoms with E-state index < -0.39 is 0 Å². The minimum absolute atomic E-state index is 0.646. The average Bonchev–Trinajstić information content (AvgIpc) is 2.26. The van der Waals surface area contributed by atoms with Gasteiger partial charge in [0.1, 0.15) is 0 Å². The molecule has 2 aromatic carbocycles. The summed E-state index contributed by atoms with van der Waals surface area (Å²) in [5.74, 6) is 0. The second kappa shape index (κ2) is 5.65. The summed E-state index contributed by atoms with van der Waals surface area (Å²) in [6.45, 7) is 0. The Morgan fingerprint density at radius 2 is 0.786 bits per heavy atom. The molecule has 4 N–H and O–H groups in total. The zero-order chi connectivity index (χ0) is 10.2. The Kier molecular flexibility index (Phi) is 4.08. The molecule has 2 heteroatoms. The molecular formula is C12H14N2. The van der Waals surface area contributed by atoms with E-state index in [1.165, 1.54) is 0 Å². The van der Waals surface area contributed by atoms with Gasteiger partial charge in [-0.3, -0.25) is 0 Å². The molecule has 0 aliphatic carbocycles. The number of anilines is 2. The minimum Gasteiger partial charge on any atom is -0.397 e. The smallest absolute Gasteiger partial charge is 0.0547 e. The van der Waals surface area contributed by atoms with Gasteiger partial charge in [0.2, 0.25) is 0 Å². The Bertz CT molecular complexity index is 310. The van der Waals surface area contributed by atoms with Crippen LogP contribution in [0, 0.1) is 0 Å². The summed E-state index contributed by atoms with van der Waals surface area (Å²) in [6.07, 6.45) is 0. The van der Waals surface area contributed by atoms with E-state index in [-0.39, 0.29) is 0 Å². The molecule has 0 aliphatic rings. The highest BCUT2D eigenvalue weighted by atomic mass is 14.7. The van der Waals surface area contributed by atoms with Gasteiger partial charge < -0.3 is 11.5 Å². The number of benzene rings is 2. The number of hydrogen-bond acceptors (Lipinski definition) is 2. The van der Waals surface area contributed by atoms with Crippen LogP contribution in [0.2, 0.25) is 0 Å². The maximum atomic E-state index is 5.39. The van der Waals surface area contributed by atoms with Crippen LogP contribution in [-0.2, 0) is 0 Å². The molecule has 72 valence electrons. The average molecular weight is 186 g/mol. The van der Waals surface area contributed by atoms with E-state index in [0.29, 0.717) is 11.4 Å². The molecular weight excluding hydrogens is 172 g/mol. The molecule has 0 unspecified atom stereocenters. The first-order chi connectivity index (χ1) is 6.80. The van der Waals surface area contributed by atoms with Gasteiger partial charge in [-0.25, -0.2) is 0 Å². The zero-order valence-electron chi connectivity index (χ0n) is 7.93. The standard InChI is InChI=1S/C6H8N2.C6H6/c7-5-3-1-2-4-6(5)8;1-2-4-6-5-3-1/h1-4H,7-8H2;1-6H. The fraction of sp³-hybridized carbons (Fsp3) is 0. The van der Waals surface area contributed by atoms with Crippen LogP contribution in [0.3, 0.4) is 0 Å². The first kappa shape index (κ1) is 10.1. The van der Waals surface area contributed by atoms with Gasteiger partial charge in [-0.05, 0) is 12.1 Å². The van der Waals surface area contributed by atoms with Crippen molar-refractivity contribution in [3.63, 3.8) is 0 Å². The predicted molar refractivity (Wildman–Crippen MR) is 61.7 cm³/mol. The quantitative estimate of drug-likeness (QED) is 0.621. The Labute approximate surface area is 84.2 Å². The number of nitrogens with two attached hydrogens (primary N) is 2. The monoisotopic (exact) mass is 186 g/mol. The molecule has 0 aliphatic heterocycles. The maximum absolute atomic E-state index is 5.39. The third kappa shape index (κ3) is 3.63. The number of hydrogen-bond donors (Lipinski definition) is 2. The van der Waals surface area contributed by atoms with E-state index >= 15 is 0 Å². The number of rotatable bonds is 0. The SMILES string of the molecule is Nc1ccccc1N.c1ccccc1. The van der Waals surface area contributed by atoms with Crippen molar-refractivity contribution < 1.29 is 0 Å². The van der Waals surface area contributed by atoms with Crippen LogP contribution in [0.5, 0.6) is 0 Å². The van der Waals surface area contributed by atoms with Crippen molar-refractivity contribution in [2.24, 2.45) is 0 Å². The molecule has 0 saturated heterocycles. The molecule has 14 heavy (non-hydrogen) atoms. The molecule has 2 nitrogen and oxygen atoms in total. The van der Waals surface area contributed by atoms with Gasteiger partial charge in [-0.1, -0.05) is 48.5 Å². The summed E-state index contributed by atoms with van der Waals surface area (Å²) < 4.78 is 0. The Morgan fingerprint density at radius 3 is 1.00 bits per heavy atom. The lowest BCUT2D eigenvalue weighted by Crippen LogP contribution is -1.91. The van der Waals surface area contributed by atoms with Gasteiger partial charge in [-0.15, -0.1) is 0 Å². The highest BCUT2D eigenvalue weighted by molar-refractivity contribution is 5.62. The molecule has 2 aromatic rings. The fourth-order valence-corrected chi connectivity index (χ4v) is 0.896. The van der Waals surface area contributed by atoms with E-state index in [2.05, 4.69) is 0 Å². The van der Waals surface area contributed by atoms with E-state index in [4.69, 9.17) is 11.5 Å². The molecule has 0 fully saturated rings. The Morgan fingerprint density at radius 1 is 0.500 bits per heavy atom. The van der Waals surface area contributed by atoms with Gasteiger partial charge in [0, 0.05) is 0 Å². The molecule has 0 spiro atoms. The Hall–Kier alpha value is -1.96. The van der Waals surface area contributed by atoms with Gasteiger partial charge >= 0.3 is 0 Å². The highest BCUT2D eigenvalue weighted by Crippen LogP contribution is 2.10. The minimum atomic E-state index is 0.646. The summed E-state index contributed by atoms with van der Waals surface area (Å²) in [6, 6.07) is 19.3. The summed E-state index contributed by atoms with van der Waals surface area (Å²) in [7, 11) is 0. The van der Waals surface area contributed by atoms with Crippen LogP contribution in [0.25, 0.3) is 0 Å². The first-order valence-electron chi connectivity index (χ1n) is 4.40. The largest absolute Gasteiger partial charge is 0.397 e. The predicted octanol–water partition coefficient (Wildman–Crippen LogP) is 2.54. The summed E-state index contributed by atoms with van der Waals surface area (Å²) in [4.78, 5) is 0. The van der Waals surface area contributed by atoms with E-state index in [1.807, 2.05) is 48.5 Å². The van der Waals surface area contributed by atoms with Crippen LogP contribution in [-0.4, -0.2) is 0 Å². The normalized spacial score (nSPS) is 8.57. The third-order valence-electron chi connectivity index (χ3n) is 1.66. The molecule has 0 heterocycles.